The number of likely N-dealkylation sites (N-methyl/N-ethyl adjacent to an activating group) is 1. The number of carbonyl (C=O) groups excluding carboxylic acids is 3. The molecule has 0 aliphatic rings. The summed E-state index contributed by atoms with van der Waals surface area (Å²) in [6.07, 6.45) is 68.3. The summed E-state index contributed by atoms with van der Waals surface area (Å²) < 4.78 is 17.2. The van der Waals surface area contributed by atoms with Crippen LogP contribution in [0.2, 0.25) is 0 Å². The van der Waals surface area contributed by atoms with Crippen molar-refractivity contribution in [2.75, 3.05) is 41.0 Å². The summed E-state index contributed by atoms with van der Waals surface area (Å²) in [5.41, 5.74) is 0. The molecule has 0 aliphatic carbocycles. The van der Waals surface area contributed by atoms with Crippen LogP contribution in [0.5, 0.6) is 0 Å². The maximum atomic E-state index is 12.8. The van der Waals surface area contributed by atoms with Crippen LogP contribution in [0.1, 0.15) is 200 Å². The van der Waals surface area contributed by atoms with Crippen LogP contribution in [-0.4, -0.2) is 75.5 Å². The summed E-state index contributed by atoms with van der Waals surface area (Å²) in [7, 11) is 5.40. The molecule has 0 aromatic rings. The zero-order valence-corrected chi connectivity index (χ0v) is 44.0. The Morgan fingerprint density at radius 1 is 0.456 bits per heavy atom. The molecule has 386 valence electrons. The molecule has 0 rings (SSSR count). The highest BCUT2D eigenvalue weighted by Crippen LogP contribution is 2.14. The standard InChI is InChI=1S/C60H99NO7/c1-6-8-10-12-14-16-18-20-22-24-26-28-30-32-34-36-38-40-42-44-46-48-50-58(62)67-55-56(54-66-53-52-57(60(64)65)61(3,4)5)68-59(63)51-49-47-45-43-41-39-37-35-33-31-29-27-25-23-21-19-17-15-13-11-9-7-2/h8,10,14-17,20-23,26-29,32,34,38,40,56-57H,6-7,9,11-13,18-19,24-25,30-31,33,35-37,39,41-55H2,1-5H3/b10-8+,16-14+,17-15+,22-20+,23-21+,28-26+,29-27+,34-32+,40-38+. The molecule has 0 aliphatic heterocycles. The van der Waals surface area contributed by atoms with E-state index in [1.165, 1.54) is 64.2 Å². The second-order valence-corrected chi connectivity index (χ2v) is 18.7. The van der Waals surface area contributed by atoms with E-state index in [1.54, 1.807) is 21.1 Å². The van der Waals surface area contributed by atoms with Crippen molar-refractivity contribution in [3.63, 3.8) is 0 Å². The van der Waals surface area contributed by atoms with Crippen molar-refractivity contribution in [3.05, 3.63) is 109 Å². The summed E-state index contributed by atoms with van der Waals surface area (Å²) in [6.45, 7) is 4.48. The van der Waals surface area contributed by atoms with E-state index in [4.69, 9.17) is 14.2 Å². The van der Waals surface area contributed by atoms with Gasteiger partial charge in [-0.15, -0.1) is 0 Å². The molecule has 0 saturated heterocycles. The van der Waals surface area contributed by atoms with Crippen molar-refractivity contribution in [1.82, 2.24) is 0 Å². The molecular formula is C60H99NO7. The lowest BCUT2D eigenvalue weighted by Gasteiger charge is -2.34. The van der Waals surface area contributed by atoms with E-state index in [-0.39, 0.29) is 42.7 Å². The largest absolute Gasteiger partial charge is 0.544 e. The molecule has 2 atom stereocenters. The third kappa shape index (κ3) is 47.1. The fraction of sp³-hybridized carbons (Fsp3) is 0.650. The first-order valence-corrected chi connectivity index (χ1v) is 26.9. The Morgan fingerprint density at radius 2 is 0.824 bits per heavy atom. The van der Waals surface area contributed by atoms with E-state index in [0.29, 0.717) is 12.8 Å². The molecular weight excluding hydrogens is 847 g/mol. The number of allylic oxidation sites excluding steroid dienone is 18. The number of aliphatic carboxylic acids is 1. The normalized spacial score (nSPS) is 13.7. The fourth-order valence-electron chi connectivity index (χ4n) is 7.26. The molecule has 0 aromatic carbocycles. The van der Waals surface area contributed by atoms with Gasteiger partial charge in [-0.05, 0) is 103 Å². The number of esters is 2. The Hall–Kier alpha value is -4.01. The summed E-state index contributed by atoms with van der Waals surface area (Å²) in [4.78, 5) is 37.1. The minimum atomic E-state index is -1.13. The zero-order chi connectivity index (χ0) is 49.9. The molecule has 2 unspecified atom stereocenters. The van der Waals surface area contributed by atoms with Gasteiger partial charge in [0, 0.05) is 19.3 Å². The second-order valence-electron chi connectivity index (χ2n) is 18.7. The molecule has 0 N–H and O–H groups in total. The monoisotopic (exact) mass is 946 g/mol. The predicted octanol–water partition coefficient (Wildman–Crippen LogP) is 14.6. The van der Waals surface area contributed by atoms with Crippen LogP contribution >= 0.6 is 0 Å². The summed E-state index contributed by atoms with van der Waals surface area (Å²) >= 11 is 0. The van der Waals surface area contributed by atoms with E-state index in [9.17, 15) is 19.5 Å². The van der Waals surface area contributed by atoms with Crippen LogP contribution in [0.3, 0.4) is 0 Å². The third-order valence-electron chi connectivity index (χ3n) is 11.4. The summed E-state index contributed by atoms with van der Waals surface area (Å²) in [5, 5.41) is 11.7. The van der Waals surface area contributed by atoms with Gasteiger partial charge in [0.05, 0.1) is 40.3 Å². The number of ether oxygens (including phenoxy) is 3. The zero-order valence-electron chi connectivity index (χ0n) is 44.0. The van der Waals surface area contributed by atoms with Gasteiger partial charge < -0.3 is 28.6 Å². The van der Waals surface area contributed by atoms with Crippen LogP contribution in [0, 0.1) is 0 Å². The van der Waals surface area contributed by atoms with E-state index in [0.717, 1.165) is 103 Å². The minimum Gasteiger partial charge on any atom is -0.544 e. The Kier molecular flexibility index (Phi) is 46.5. The van der Waals surface area contributed by atoms with Gasteiger partial charge in [-0.3, -0.25) is 9.59 Å². The Bertz CT molecular complexity index is 1470. The van der Waals surface area contributed by atoms with Crippen molar-refractivity contribution < 1.29 is 38.2 Å². The lowest BCUT2D eigenvalue weighted by Crippen LogP contribution is -2.55. The van der Waals surface area contributed by atoms with Crippen LogP contribution in [0.15, 0.2) is 109 Å². The number of carbonyl (C=O) groups is 3. The SMILES string of the molecule is CC/C=C/C/C=C/C/C=C/C/C=C/C/C=C/C/C=C/CCCCCC(=O)OCC(COCCC(C(=O)[O-])[N+](C)(C)C)OC(=O)CCCCCCCCCCC/C=C/C/C=C/C/C=C/CCCCC. The Labute approximate surface area is 417 Å². The van der Waals surface area contributed by atoms with Crippen LogP contribution in [-0.2, 0) is 28.6 Å². The number of nitrogens with zero attached hydrogens (tertiary/aromatic N) is 1. The first-order valence-electron chi connectivity index (χ1n) is 26.9. The smallest absolute Gasteiger partial charge is 0.306 e. The molecule has 8 nitrogen and oxygen atoms in total. The average Bonchev–Trinajstić information content (AvgIpc) is 3.30. The van der Waals surface area contributed by atoms with Crippen molar-refractivity contribution in [2.45, 2.75) is 212 Å². The van der Waals surface area contributed by atoms with Gasteiger partial charge in [0.15, 0.2) is 6.10 Å². The first-order chi connectivity index (χ1) is 33.1. The average molecular weight is 946 g/mol. The van der Waals surface area contributed by atoms with Crippen molar-refractivity contribution in [3.8, 4) is 0 Å². The van der Waals surface area contributed by atoms with Crippen molar-refractivity contribution in [1.29, 1.82) is 0 Å². The quantitative estimate of drug-likeness (QED) is 0.0259. The molecule has 0 bridgehead atoms. The number of rotatable bonds is 47. The molecule has 0 spiro atoms. The molecule has 0 radical (unpaired) electrons. The van der Waals surface area contributed by atoms with Crippen LogP contribution in [0.4, 0.5) is 0 Å². The topological polar surface area (TPSA) is 102 Å². The molecule has 0 aromatic heterocycles. The maximum absolute atomic E-state index is 12.8. The lowest BCUT2D eigenvalue weighted by molar-refractivity contribution is -0.889. The highest BCUT2D eigenvalue weighted by molar-refractivity contribution is 5.70. The van der Waals surface area contributed by atoms with Crippen molar-refractivity contribution >= 4 is 17.9 Å². The number of carboxylic acid groups (broad SMARTS) is 1. The molecule has 0 fully saturated rings. The summed E-state index contributed by atoms with van der Waals surface area (Å²) in [6, 6.07) is -0.740. The van der Waals surface area contributed by atoms with E-state index in [2.05, 4.69) is 123 Å². The van der Waals surface area contributed by atoms with Gasteiger partial charge in [-0.1, -0.05) is 187 Å². The van der Waals surface area contributed by atoms with Crippen LogP contribution in [0.25, 0.3) is 0 Å². The predicted molar refractivity (Wildman–Crippen MR) is 286 cm³/mol. The van der Waals surface area contributed by atoms with E-state index in [1.807, 2.05) is 0 Å². The molecule has 8 heteroatoms. The third-order valence-corrected chi connectivity index (χ3v) is 11.4. The van der Waals surface area contributed by atoms with Gasteiger partial charge >= 0.3 is 11.9 Å². The number of unbranched alkanes of at least 4 members (excludes halogenated alkanes) is 15. The molecule has 68 heavy (non-hydrogen) atoms. The highest BCUT2D eigenvalue weighted by atomic mass is 16.6. The van der Waals surface area contributed by atoms with Gasteiger partial charge in [0.1, 0.15) is 12.6 Å². The number of carboxylic acids is 1. The lowest BCUT2D eigenvalue weighted by atomic mass is 10.1. The Morgan fingerprint density at radius 3 is 1.24 bits per heavy atom. The van der Waals surface area contributed by atoms with Crippen LogP contribution < -0.4 is 5.11 Å². The second kappa shape index (κ2) is 49.4. The van der Waals surface area contributed by atoms with Gasteiger partial charge in [0.25, 0.3) is 0 Å². The van der Waals surface area contributed by atoms with Gasteiger partial charge in [-0.25, -0.2) is 0 Å². The highest BCUT2D eigenvalue weighted by Gasteiger charge is 2.25. The fourth-order valence-corrected chi connectivity index (χ4v) is 7.26. The summed E-state index contributed by atoms with van der Waals surface area (Å²) in [5.74, 6) is -1.79. The minimum absolute atomic E-state index is 0.0207. The number of quaternary nitrogens is 1. The molecule has 0 saturated carbocycles. The Balaban J connectivity index is 4.33. The van der Waals surface area contributed by atoms with E-state index >= 15 is 0 Å². The first kappa shape index (κ1) is 64.0. The van der Waals surface area contributed by atoms with Gasteiger partial charge in [-0.2, -0.15) is 0 Å². The number of hydrogen-bond acceptors (Lipinski definition) is 7. The molecule has 0 amide bonds. The maximum Gasteiger partial charge on any atom is 0.306 e. The molecule has 0 heterocycles. The van der Waals surface area contributed by atoms with E-state index < -0.39 is 18.1 Å². The van der Waals surface area contributed by atoms with Crippen molar-refractivity contribution in [2.24, 2.45) is 0 Å². The van der Waals surface area contributed by atoms with Gasteiger partial charge in [0.2, 0.25) is 0 Å². The number of hydrogen-bond donors (Lipinski definition) is 0.